The maximum absolute atomic E-state index is 12.6. The fourth-order valence-electron chi connectivity index (χ4n) is 2.81. The van der Waals surface area contributed by atoms with E-state index in [0.717, 1.165) is 18.0 Å². The van der Waals surface area contributed by atoms with Crippen molar-refractivity contribution in [1.29, 1.82) is 0 Å². The minimum absolute atomic E-state index is 0.00140. The number of aromatic nitrogens is 2. The molecule has 2 aromatic carbocycles. The van der Waals surface area contributed by atoms with Crippen molar-refractivity contribution in [2.75, 3.05) is 24.3 Å². The van der Waals surface area contributed by atoms with E-state index in [2.05, 4.69) is 15.3 Å². The molecule has 31 heavy (non-hydrogen) atoms. The van der Waals surface area contributed by atoms with Crippen LogP contribution in [0, 0.1) is 0 Å². The first-order valence-electron chi connectivity index (χ1n) is 9.15. The number of carbonyl (C=O) groups excluding carboxylic acids is 1. The number of amides is 1. The molecule has 1 amide bonds. The Hall–Kier alpha value is -3.31. The fraction of sp³-hybridized carbons (Fsp3) is 0.150. The van der Waals surface area contributed by atoms with Crippen molar-refractivity contribution in [3.8, 4) is 11.5 Å². The highest BCUT2D eigenvalue weighted by atomic mass is 32.2. The second-order valence-corrected chi connectivity index (χ2v) is 9.28. The number of aromatic amines is 1. The molecule has 0 spiro atoms. The average molecular weight is 460 g/mol. The third-order valence-electron chi connectivity index (χ3n) is 4.25. The number of rotatable bonds is 6. The Morgan fingerprint density at radius 1 is 1.10 bits per heavy atom. The molecule has 9 nitrogen and oxygen atoms in total. The summed E-state index contributed by atoms with van der Waals surface area (Å²) in [6.07, 6.45) is 1.00. The van der Waals surface area contributed by atoms with Crippen molar-refractivity contribution in [3.63, 3.8) is 0 Å². The fourth-order valence-corrected chi connectivity index (χ4v) is 4.70. The second-order valence-electron chi connectivity index (χ2n) is 6.39. The Kier molecular flexibility index (Phi) is 5.96. The Morgan fingerprint density at radius 2 is 1.84 bits per heavy atom. The molecule has 1 aromatic heterocycles. The highest BCUT2D eigenvalue weighted by Gasteiger charge is 2.22. The molecule has 0 saturated carbocycles. The SMILES string of the molecule is O=C(CSc1ncc(S(=O)(=O)c2ccccc2)c(=O)[nH]1)Nc1ccc2c(c1)OCCO2. The summed E-state index contributed by atoms with van der Waals surface area (Å²) in [7, 11) is -3.98. The van der Waals surface area contributed by atoms with Gasteiger partial charge in [-0.1, -0.05) is 30.0 Å². The van der Waals surface area contributed by atoms with Gasteiger partial charge >= 0.3 is 0 Å². The molecule has 0 atom stereocenters. The normalized spacial score (nSPS) is 12.9. The molecule has 11 heteroatoms. The lowest BCUT2D eigenvalue weighted by molar-refractivity contribution is -0.113. The standard InChI is InChI=1S/C20H17N3O6S2/c24-18(22-13-6-7-15-16(10-13)29-9-8-28-15)12-30-20-21-11-17(19(25)23-20)31(26,27)14-4-2-1-3-5-14/h1-7,10-11H,8-9,12H2,(H,22,24)(H,21,23,25). The van der Waals surface area contributed by atoms with Gasteiger partial charge in [-0.25, -0.2) is 13.4 Å². The van der Waals surface area contributed by atoms with Gasteiger partial charge < -0.3 is 19.8 Å². The van der Waals surface area contributed by atoms with Gasteiger partial charge in [0.25, 0.3) is 5.56 Å². The molecule has 1 aliphatic rings. The number of hydrogen-bond donors (Lipinski definition) is 2. The zero-order chi connectivity index (χ0) is 21.8. The predicted molar refractivity (Wildman–Crippen MR) is 114 cm³/mol. The van der Waals surface area contributed by atoms with Crippen LogP contribution in [0.2, 0.25) is 0 Å². The van der Waals surface area contributed by atoms with Crippen LogP contribution in [0.25, 0.3) is 0 Å². The van der Waals surface area contributed by atoms with Gasteiger partial charge in [0.15, 0.2) is 21.6 Å². The molecule has 0 bridgehead atoms. The topological polar surface area (TPSA) is 127 Å². The monoisotopic (exact) mass is 459 g/mol. The molecule has 0 aliphatic carbocycles. The highest BCUT2D eigenvalue weighted by Crippen LogP contribution is 2.32. The summed E-state index contributed by atoms with van der Waals surface area (Å²) < 4.78 is 36.1. The van der Waals surface area contributed by atoms with Crippen molar-refractivity contribution in [2.24, 2.45) is 0 Å². The second kappa shape index (κ2) is 8.82. The van der Waals surface area contributed by atoms with E-state index in [1.165, 1.54) is 12.1 Å². The van der Waals surface area contributed by atoms with E-state index in [0.29, 0.717) is 30.4 Å². The maximum atomic E-state index is 12.6. The van der Waals surface area contributed by atoms with Gasteiger partial charge in [0.05, 0.1) is 16.8 Å². The Bertz CT molecular complexity index is 1280. The number of ether oxygens (including phenoxy) is 2. The summed E-state index contributed by atoms with van der Waals surface area (Å²) in [5.41, 5.74) is -0.255. The van der Waals surface area contributed by atoms with Crippen LogP contribution in [0.3, 0.4) is 0 Å². The summed E-state index contributed by atoms with van der Waals surface area (Å²) in [5.74, 6) is 0.802. The van der Waals surface area contributed by atoms with Crippen molar-refractivity contribution in [1.82, 2.24) is 9.97 Å². The quantitative estimate of drug-likeness (QED) is 0.424. The first-order valence-corrected chi connectivity index (χ1v) is 11.6. The predicted octanol–water partition coefficient (Wildman–Crippen LogP) is 2.10. The molecule has 3 aromatic rings. The molecule has 0 unspecified atom stereocenters. The van der Waals surface area contributed by atoms with Crippen LogP contribution in [-0.4, -0.2) is 43.3 Å². The number of H-pyrrole nitrogens is 1. The Morgan fingerprint density at radius 3 is 2.58 bits per heavy atom. The van der Waals surface area contributed by atoms with Crippen molar-refractivity contribution in [2.45, 2.75) is 14.9 Å². The van der Waals surface area contributed by atoms with Gasteiger partial charge in [-0.05, 0) is 24.3 Å². The van der Waals surface area contributed by atoms with E-state index < -0.39 is 20.3 Å². The molecule has 0 saturated heterocycles. The largest absolute Gasteiger partial charge is 0.486 e. The average Bonchev–Trinajstić information content (AvgIpc) is 2.78. The summed E-state index contributed by atoms with van der Waals surface area (Å²) >= 11 is 0.976. The van der Waals surface area contributed by atoms with Crippen molar-refractivity contribution >= 4 is 33.2 Å². The minimum Gasteiger partial charge on any atom is -0.486 e. The van der Waals surface area contributed by atoms with Gasteiger partial charge in [0.2, 0.25) is 15.7 Å². The van der Waals surface area contributed by atoms with Crippen LogP contribution in [0.1, 0.15) is 0 Å². The lowest BCUT2D eigenvalue weighted by Crippen LogP contribution is -2.20. The van der Waals surface area contributed by atoms with E-state index in [1.807, 2.05) is 0 Å². The van der Waals surface area contributed by atoms with E-state index in [4.69, 9.17) is 9.47 Å². The van der Waals surface area contributed by atoms with Gasteiger partial charge in [-0.2, -0.15) is 0 Å². The number of sulfone groups is 1. The number of anilines is 1. The lowest BCUT2D eigenvalue weighted by atomic mass is 10.2. The number of carbonyl (C=O) groups is 1. The first kappa shape index (κ1) is 20.9. The van der Waals surface area contributed by atoms with Gasteiger partial charge in [-0.3, -0.25) is 9.59 Å². The molecule has 0 radical (unpaired) electrons. The zero-order valence-corrected chi connectivity index (χ0v) is 17.7. The van der Waals surface area contributed by atoms with Gasteiger partial charge in [-0.15, -0.1) is 0 Å². The molecule has 2 heterocycles. The van der Waals surface area contributed by atoms with Gasteiger partial charge in [0.1, 0.15) is 13.2 Å². The number of benzene rings is 2. The van der Waals surface area contributed by atoms with E-state index in [9.17, 15) is 18.0 Å². The third kappa shape index (κ3) is 4.72. The van der Waals surface area contributed by atoms with Crippen LogP contribution < -0.4 is 20.3 Å². The molecule has 2 N–H and O–H groups in total. The molecule has 1 aliphatic heterocycles. The smallest absolute Gasteiger partial charge is 0.270 e. The molecular formula is C20H17N3O6S2. The minimum atomic E-state index is -3.98. The third-order valence-corrected chi connectivity index (χ3v) is 6.90. The van der Waals surface area contributed by atoms with E-state index >= 15 is 0 Å². The first-order chi connectivity index (χ1) is 14.9. The van der Waals surface area contributed by atoms with Crippen molar-refractivity contribution in [3.05, 3.63) is 65.1 Å². The number of nitrogens with zero attached hydrogens (tertiary/aromatic N) is 1. The van der Waals surface area contributed by atoms with E-state index in [1.54, 1.807) is 36.4 Å². The van der Waals surface area contributed by atoms with Crippen LogP contribution in [0.15, 0.2) is 74.5 Å². The summed E-state index contributed by atoms with van der Waals surface area (Å²) in [5, 5.41) is 2.86. The summed E-state index contributed by atoms with van der Waals surface area (Å²) in [4.78, 5) is 30.5. The van der Waals surface area contributed by atoms with Crippen LogP contribution in [-0.2, 0) is 14.6 Å². The zero-order valence-electron chi connectivity index (χ0n) is 16.0. The highest BCUT2D eigenvalue weighted by molar-refractivity contribution is 7.99. The summed E-state index contributed by atoms with van der Waals surface area (Å²) in [6, 6.07) is 12.7. The van der Waals surface area contributed by atoms with Gasteiger partial charge in [0, 0.05) is 11.8 Å². The lowest BCUT2D eigenvalue weighted by Gasteiger charge is -2.18. The van der Waals surface area contributed by atoms with Crippen LogP contribution >= 0.6 is 11.8 Å². The number of hydrogen-bond acceptors (Lipinski definition) is 8. The Labute approximate surface area is 181 Å². The van der Waals surface area contributed by atoms with Crippen LogP contribution in [0.4, 0.5) is 5.69 Å². The number of thioether (sulfide) groups is 1. The Balaban J connectivity index is 1.41. The van der Waals surface area contributed by atoms with Crippen molar-refractivity contribution < 1.29 is 22.7 Å². The maximum Gasteiger partial charge on any atom is 0.270 e. The van der Waals surface area contributed by atoms with E-state index in [-0.39, 0.29) is 21.7 Å². The molecular weight excluding hydrogens is 442 g/mol. The number of nitrogens with one attached hydrogen (secondary N) is 2. The number of fused-ring (bicyclic) bond motifs is 1. The van der Waals surface area contributed by atoms with Crippen LogP contribution in [0.5, 0.6) is 11.5 Å². The molecule has 160 valence electrons. The molecule has 4 rings (SSSR count). The summed E-state index contributed by atoms with van der Waals surface area (Å²) in [6.45, 7) is 0.918. The molecule has 0 fully saturated rings.